The summed E-state index contributed by atoms with van der Waals surface area (Å²) in [6, 6.07) is 8.49. The Bertz CT molecular complexity index is 446. The van der Waals surface area contributed by atoms with Gasteiger partial charge in [-0.3, -0.25) is 0 Å². The summed E-state index contributed by atoms with van der Waals surface area (Å²) < 4.78 is 0. The Morgan fingerprint density at radius 1 is 1.42 bits per heavy atom. The molecule has 0 saturated heterocycles. The van der Waals surface area contributed by atoms with Crippen molar-refractivity contribution >= 4 is 23.5 Å². The molecule has 19 heavy (non-hydrogen) atoms. The van der Waals surface area contributed by atoms with Crippen molar-refractivity contribution < 1.29 is 9.90 Å². The molecule has 0 bridgehead atoms. The number of aliphatic hydroxyl groups excluding tert-OH is 1. The number of anilines is 1. The van der Waals surface area contributed by atoms with Gasteiger partial charge >= 0.3 is 6.03 Å². The lowest BCUT2D eigenvalue weighted by atomic mass is 10.2. The molecule has 0 saturated carbocycles. The highest BCUT2D eigenvalue weighted by atomic mass is 32.2. The maximum atomic E-state index is 11.5. The molecule has 0 aromatic heterocycles. The summed E-state index contributed by atoms with van der Waals surface area (Å²) in [7, 11) is 0. The van der Waals surface area contributed by atoms with Gasteiger partial charge in [-0.05, 0) is 30.4 Å². The number of aliphatic hydroxyl groups is 1. The molecule has 2 amide bonds. The molecule has 3 N–H and O–H groups in total. The minimum atomic E-state index is -0.280. The van der Waals surface area contributed by atoms with Crippen LogP contribution in [0.5, 0.6) is 0 Å². The third-order valence-electron chi connectivity index (χ3n) is 2.23. The quantitative estimate of drug-likeness (QED) is 0.664. The van der Waals surface area contributed by atoms with Gasteiger partial charge in [0.25, 0.3) is 0 Å². The summed E-state index contributed by atoms with van der Waals surface area (Å²) in [5, 5.41) is 22.7. The first-order chi connectivity index (χ1) is 9.26. The van der Waals surface area contributed by atoms with Crippen molar-refractivity contribution in [3.8, 4) is 6.07 Å². The van der Waals surface area contributed by atoms with Crippen LogP contribution in [-0.4, -0.2) is 35.8 Å². The minimum absolute atomic E-state index is 0.205. The zero-order chi connectivity index (χ0) is 13.9. The van der Waals surface area contributed by atoms with E-state index in [0.29, 0.717) is 17.8 Å². The van der Waals surface area contributed by atoms with E-state index >= 15 is 0 Å². The number of urea groups is 1. The van der Waals surface area contributed by atoms with Crippen LogP contribution in [0.25, 0.3) is 0 Å². The highest BCUT2D eigenvalue weighted by Gasteiger charge is 2.01. The Balaban J connectivity index is 2.22. The smallest absolute Gasteiger partial charge is 0.319 e. The van der Waals surface area contributed by atoms with E-state index in [2.05, 4.69) is 10.6 Å². The Kier molecular flexibility index (Phi) is 7.47. The fourth-order valence-corrected chi connectivity index (χ4v) is 2.13. The highest BCUT2D eigenvalue weighted by molar-refractivity contribution is 7.99. The predicted molar refractivity (Wildman–Crippen MR) is 77.2 cm³/mol. The van der Waals surface area contributed by atoms with Crippen LogP contribution in [0.3, 0.4) is 0 Å². The second-order valence-electron chi connectivity index (χ2n) is 3.76. The third-order valence-corrected chi connectivity index (χ3v) is 3.30. The molecule has 0 aliphatic rings. The number of amides is 2. The van der Waals surface area contributed by atoms with E-state index in [1.54, 1.807) is 36.0 Å². The second kappa shape index (κ2) is 9.25. The number of hydrogen-bond acceptors (Lipinski definition) is 4. The van der Waals surface area contributed by atoms with Crippen LogP contribution >= 0.6 is 11.8 Å². The molecule has 5 nitrogen and oxygen atoms in total. The molecule has 0 fully saturated rings. The monoisotopic (exact) mass is 279 g/mol. The van der Waals surface area contributed by atoms with E-state index in [1.165, 1.54) is 0 Å². The van der Waals surface area contributed by atoms with E-state index in [0.717, 1.165) is 17.9 Å². The van der Waals surface area contributed by atoms with Crippen LogP contribution in [0.1, 0.15) is 12.0 Å². The SMILES string of the molecule is N#Cc1cccc(NC(=O)NCCSCCCO)c1. The van der Waals surface area contributed by atoms with Gasteiger partial charge in [0.05, 0.1) is 11.6 Å². The third kappa shape index (κ3) is 6.70. The Hall–Kier alpha value is -1.71. The van der Waals surface area contributed by atoms with Gasteiger partial charge in [-0.1, -0.05) is 6.07 Å². The van der Waals surface area contributed by atoms with Gasteiger partial charge in [-0.25, -0.2) is 4.79 Å². The standard InChI is InChI=1S/C13H17N3O2S/c14-10-11-3-1-4-12(9-11)16-13(18)15-5-8-19-7-2-6-17/h1,3-4,9,17H,2,5-8H2,(H2,15,16,18). The van der Waals surface area contributed by atoms with Crippen LogP contribution < -0.4 is 10.6 Å². The van der Waals surface area contributed by atoms with Crippen LogP contribution in [0.15, 0.2) is 24.3 Å². The summed E-state index contributed by atoms with van der Waals surface area (Å²) in [5.74, 6) is 1.70. The lowest BCUT2D eigenvalue weighted by Gasteiger charge is -2.07. The van der Waals surface area contributed by atoms with Crippen LogP contribution in [-0.2, 0) is 0 Å². The molecule has 0 aliphatic carbocycles. The van der Waals surface area contributed by atoms with Gasteiger partial charge in [0.1, 0.15) is 0 Å². The van der Waals surface area contributed by atoms with Gasteiger partial charge in [-0.15, -0.1) is 0 Å². The lowest BCUT2D eigenvalue weighted by Crippen LogP contribution is -2.30. The summed E-state index contributed by atoms with van der Waals surface area (Å²) in [6.07, 6.45) is 0.776. The molecule has 0 atom stereocenters. The van der Waals surface area contributed by atoms with E-state index in [9.17, 15) is 4.79 Å². The number of thioether (sulfide) groups is 1. The van der Waals surface area contributed by atoms with Crippen molar-refractivity contribution in [3.05, 3.63) is 29.8 Å². The van der Waals surface area contributed by atoms with Crippen LogP contribution in [0.4, 0.5) is 10.5 Å². The van der Waals surface area contributed by atoms with Gasteiger partial charge in [0, 0.05) is 24.6 Å². The zero-order valence-corrected chi connectivity index (χ0v) is 11.4. The number of carbonyl (C=O) groups excluding carboxylic acids is 1. The minimum Gasteiger partial charge on any atom is -0.396 e. The van der Waals surface area contributed by atoms with Crippen LogP contribution in [0.2, 0.25) is 0 Å². The second-order valence-corrected chi connectivity index (χ2v) is 4.99. The van der Waals surface area contributed by atoms with Crippen molar-refractivity contribution in [2.45, 2.75) is 6.42 Å². The molecular formula is C13H17N3O2S. The fraction of sp³-hybridized carbons (Fsp3) is 0.385. The highest BCUT2D eigenvalue weighted by Crippen LogP contribution is 2.09. The normalized spacial score (nSPS) is 9.68. The topological polar surface area (TPSA) is 85.2 Å². The maximum Gasteiger partial charge on any atom is 0.319 e. The molecule has 0 heterocycles. The molecular weight excluding hydrogens is 262 g/mol. The number of hydrogen-bond donors (Lipinski definition) is 3. The van der Waals surface area contributed by atoms with Crippen molar-refractivity contribution in [1.82, 2.24) is 5.32 Å². The van der Waals surface area contributed by atoms with Gasteiger partial charge < -0.3 is 15.7 Å². The molecule has 1 rings (SSSR count). The van der Waals surface area contributed by atoms with Crippen molar-refractivity contribution in [2.75, 3.05) is 30.0 Å². The number of nitrogens with zero attached hydrogens (tertiary/aromatic N) is 1. The number of rotatable bonds is 7. The van der Waals surface area contributed by atoms with E-state index in [4.69, 9.17) is 10.4 Å². The van der Waals surface area contributed by atoms with E-state index < -0.39 is 0 Å². The lowest BCUT2D eigenvalue weighted by molar-refractivity contribution is 0.252. The number of nitriles is 1. The summed E-state index contributed by atoms with van der Waals surface area (Å²) >= 11 is 1.69. The first-order valence-corrected chi connectivity index (χ1v) is 7.15. The number of carbonyl (C=O) groups is 1. The fourth-order valence-electron chi connectivity index (χ4n) is 1.35. The van der Waals surface area contributed by atoms with E-state index in [-0.39, 0.29) is 12.6 Å². The zero-order valence-electron chi connectivity index (χ0n) is 10.6. The Morgan fingerprint density at radius 3 is 3.00 bits per heavy atom. The average molecular weight is 279 g/mol. The molecule has 0 spiro atoms. The first kappa shape index (κ1) is 15.3. The van der Waals surface area contributed by atoms with Gasteiger partial charge in [-0.2, -0.15) is 17.0 Å². The van der Waals surface area contributed by atoms with Crippen molar-refractivity contribution in [2.24, 2.45) is 0 Å². The molecule has 0 radical (unpaired) electrons. The van der Waals surface area contributed by atoms with Gasteiger partial charge in [0.15, 0.2) is 0 Å². The molecule has 1 aromatic rings. The molecule has 0 unspecified atom stereocenters. The van der Waals surface area contributed by atoms with Crippen molar-refractivity contribution in [3.63, 3.8) is 0 Å². The van der Waals surface area contributed by atoms with E-state index in [1.807, 2.05) is 6.07 Å². The average Bonchev–Trinajstić information content (AvgIpc) is 2.43. The molecule has 6 heteroatoms. The predicted octanol–water partition coefficient (Wildman–Crippen LogP) is 1.80. The number of benzene rings is 1. The largest absolute Gasteiger partial charge is 0.396 e. The summed E-state index contributed by atoms with van der Waals surface area (Å²) in [6.45, 7) is 0.774. The maximum absolute atomic E-state index is 11.5. The summed E-state index contributed by atoms with van der Waals surface area (Å²) in [4.78, 5) is 11.5. The van der Waals surface area contributed by atoms with Gasteiger partial charge in [0.2, 0.25) is 0 Å². The Labute approximate surface area is 117 Å². The summed E-state index contributed by atoms with van der Waals surface area (Å²) in [5.41, 5.74) is 1.11. The molecule has 102 valence electrons. The van der Waals surface area contributed by atoms with Crippen molar-refractivity contribution in [1.29, 1.82) is 5.26 Å². The van der Waals surface area contributed by atoms with Crippen LogP contribution in [0, 0.1) is 11.3 Å². The Morgan fingerprint density at radius 2 is 2.26 bits per heavy atom. The first-order valence-electron chi connectivity index (χ1n) is 6.00. The number of nitrogens with one attached hydrogen (secondary N) is 2. The molecule has 1 aromatic carbocycles. The molecule has 0 aliphatic heterocycles.